The van der Waals surface area contributed by atoms with Crippen molar-refractivity contribution >= 4 is 44.1 Å². The van der Waals surface area contributed by atoms with Gasteiger partial charge in [0.2, 0.25) is 0 Å². The summed E-state index contributed by atoms with van der Waals surface area (Å²) in [6.07, 6.45) is 4.72. The van der Waals surface area contributed by atoms with Crippen LogP contribution in [0.15, 0.2) is 54.0 Å². The predicted octanol–water partition coefficient (Wildman–Crippen LogP) is 6.98. The molecule has 2 aromatic carbocycles. The van der Waals surface area contributed by atoms with Gasteiger partial charge in [-0.15, -0.1) is 11.3 Å². The van der Waals surface area contributed by atoms with Gasteiger partial charge in [0.05, 0.1) is 22.3 Å². The predicted molar refractivity (Wildman–Crippen MR) is 153 cm³/mol. The summed E-state index contributed by atoms with van der Waals surface area (Å²) < 4.78 is 13.1. The van der Waals surface area contributed by atoms with Crippen molar-refractivity contribution in [3.63, 3.8) is 0 Å². The molecule has 2 atom stereocenters. The average Bonchev–Trinajstić information content (AvgIpc) is 3.57. The summed E-state index contributed by atoms with van der Waals surface area (Å²) in [6, 6.07) is 14.6. The van der Waals surface area contributed by atoms with Crippen LogP contribution in [0, 0.1) is 0 Å². The second kappa shape index (κ2) is 10.2. The molecular formula is C29H32N4O3S2. The number of piperazine rings is 1. The number of aromatic nitrogens is 2. The fraction of sp³-hybridized carbons (Fsp3) is 0.414. The highest BCUT2D eigenvalue weighted by Crippen LogP contribution is 2.43. The van der Waals surface area contributed by atoms with Gasteiger partial charge in [-0.05, 0) is 57.7 Å². The van der Waals surface area contributed by atoms with E-state index in [2.05, 4.69) is 28.1 Å². The molecule has 2 unspecified atom stereocenters. The van der Waals surface area contributed by atoms with E-state index in [1.807, 2.05) is 61.5 Å². The summed E-state index contributed by atoms with van der Waals surface area (Å²) in [5.74, 6) is 0.834. The maximum Gasteiger partial charge on any atom is 0.410 e. The number of piperidine rings is 1. The van der Waals surface area contributed by atoms with Crippen molar-refractivity contribution in [1.29, 1.82) is 0 Å². The van der Waals surface area contributed by atoms with Crippen LogP contribution in [-0.2, 0) is 11.3 Å². The molecule has 0 saturated carbocycles. The average molecular weight is 549 g/mol. The van der Waals surface area contributed by atoms with E-state index >= 15 is 0 Å². The van der Waals surface area contributed by atoms with Crippen LogP contribution in [0.2, 0.25) is 0 Å². The van der Waals surface area contributed by atoms with Crippen molar-refractivity contribution in [3.8, 4) is 16.3 Å². The number of fused-ring (bicyclic) bond motifs is 3. The highest BCUT2D eigenvalue weighted by atomic mass is 32.1. The molecule has 198 valence electrons. The van der Waals surface area contributed by atoms with E-state index in [1.54, 1.807) is 22.7 Å². The third kappa shape index (κ3) is 5.09. The van der Waals surface area contributed by atoms with Crippen LogP contribution in [-0.4, -0.2) is 51.7 Å². The van der Waals surface area contributed by atoms with Crippen molar-refractivity contribution in [2.45, 2.75) is 64.3 Å². The van der Waals surface area contributed by atoms with Crippen molar-refractivity contribution < 1.29 is 14.3 Å². The van der Waals surface area contributed by atoms with Gasteiger partial charge in [0.25, 0.3) is 0 Å². The van der Waals surface area contributed by atoms with Crippen LogP contribution in [0.3, 0.4) is 0 Å². The van der Waals surface area contributed by atoms with E-state index in [0.717, 1.165) is 69.6 Å². The zero-order chi connectivity index (χ0) is 26.3. The molecule has 6 rings (SSSR count). The van der Waals surface area contributed by atoms with Gasteiger partial charge >= 0.3 is 6.09 Å². The number of amides is 1. The topological polar surface area (TPSA) is 67.8 Å². The molecule has 4 aromatic rings. The zero-order valence-electron chi connectivity index (χ0n) is 21.9. The van der Waals surface area contributed by atoms with Crippen molar-refractivity contribution in [2.24, 2.45) is 0 Å². The number of carbonyl (C=O) groups is 1. The Morgan fingerprint density at radius 1 is 1.08 bits per heavy atom. The Labute approximate surface area is 231 Å². The normalized spacial score (nSPS) is 19.6. The van der Waals surface area contributed by atoms with Crippen molar-refractivity contribution in [2.75, 3.05) is 18.0 Å². The SMILES string of the molecule is CC(C)(C)OC(=O)N1C2CCCC1CN(c1nc3c(-c4nccs4)ccc(OCc4ccccc4)c3s1)C2. The molecule has 9 heteroatoms. The number of ether oxygens (including phenoxy) is 2. The Bertz CT molecular complexity index is 1400. The molecule has 2 aromatic heterocycles. The van der Waals surface area contributed by atoms with Gasteiger partial charge in [0, 0.05) is 30.2 Å². The van der Waals surface area contributed by atoms with Crippen LogP contribution in [0.5, 0.6) is 5.75 Å². The number of carbonyl (C=O) groups excluding carboxylic acids is 1. The minimum atomic E-state index is -0.502. The summed E-state index contributed by atoms with van der Waals surface area (Å²) in [5.41, 5.74) is 2.57. The zero-order valence-corrected chi connectivity index (χ0v) is 23.6. The highest BCUT2D eigenvalue weighted by Gasteiger charge is 2.42. The highest BCUT2D eigenvalue weighted by molar-refractivity contribution is 7.22. The first-order valence-electron chi connectivity index (χ1n) is 13.1. The minimum Gasteiger partial charge on any atom is -0.487 e. The molecule has 0 radical (unpaired) electrons. The lowest BCUT2D eigenvalue weighted by Crippen LogP contribution is -2.63. The third-order valence-electron chi connectivity index (χ3n) is 6.99. The summed E-state index contributed by atoms with van der Waals surface area (Å²) in [7, 11) is 0. The van der Waals surface area contributed by atoms with E-state index in [1.165, 1.54) is 0 Å². The molecule has 38 heavy (non-hydrogen) atoms. The Balaban J connectivity index is 1.31. The van der Waals surface area contributed by atoms with Gasteiger partial charge < -0.3 is 14.4 Å². The lowest BCUT2D eigenvalue weighted by Gasteiger charge is -2.49. The molecule has 2 saturated heterocycles. The summed E-state index contributed by atoms with van der Waals surface area (Å²) in [6.45, 7) is 7.78. The maximum absolute atomic E-state index is 13.1. The van der Waals surface area contributed by atoms with Gasteiger partial charge in [-0.3, -0.25) is 4.90 Å². The van der Waals surface area contributed by atoms with E-state index < -0.39 is 5.60 Å². The van der Waals surface area contributed by atoms with E-state index in [4.69, 9.17) is 14.5 Å². The van der Waals surface area contributed by atoms with Crippen LogP contribution < -0.4 is 9.64 Å². The molecule has 2 aliphatic heterocycles. The third-order valence-corrected chi connectivity index (χ3v) is 8.93. The molecule has 2 aliphatic rings. The number of benzene rings is 2. The summed E-state index contributed by atoms with van der Waals surface area (Å²) >= 11 is 3.28. The first-order chi connectivity index (χ1) is 18.4. The monoisotopic (exact) mass is 548 g/mol. The number of nitrogens with zero attached hydrogens (tertiary/aromatic N) is 4. The standard InChI is InChI=1S/C29H32N4O3S2/c1-29(2,3)36-28(34)33-20-10-7-11-21(33)17-32(16-20)27-31-24-22(26-30-14-15-37-26)12-13-23(25(24)38-27)35-18-19-8-5-4-6-9-19/h4-6,8-9,12-15,20-21H,7,10-11,16-18H2,1-3H3. The van der Waals surface area contributed by atoms with E-state index in [9.17, 15) is 4.79 Å². The van der Waals surface area contributed by atoms with Crippen LogP contribution >= 0.6 is 22.7 Å². The van der Waals surface area contributed by atoms with Crippen LogP contribution in [0.25, 0.3) is 20.8 Å². The lowest BCUT2D eigenvalue weighted by molar-refractivity contribution is -0.00969. The molecule has 0 aliphatic carbocycles. The van der Waals surface area contributed by atoms with E-state index in [0.29, 0.717) is 6.61 Å². The second-order valence-electron chi connectivity index (χ2n) is 10.9. The van der Waals surface area contributed by atoms with Gasteiger partial charge in [-0.2, -0.15) is 0 Å². The molecule has 1 amide bonds. The van der Waals surface area contributed by atoms with Crippen molar-refractivity contribution in [1.82, 2.24) is 14.9 Å². The quantitative estimate of drug-likeness (QED) is 0.268. The molecule has 2 fully saturated rings. The first kappa shape index (κ1) is 25.1. The van der Waals surface area contributed by atoms with Gasteiger partial charge in [-0.1, -0.05) is 41.7 Å². The summed E-state index contributed by atoms with van der Waals surface area (Å²) in [4.78, 5) is 27.1. The molecule has 2 bridgehead atoms. The number of hydrogen-bond acceptors (Lipinski definition) is 8. The molecule has 7 nitrogen and oxygen atoms in total. The summed E-state index contributed by atoms with van der Waals surface area (Å²) in [5, 5.41) is 3.91. The Morgan fingerprint density at radius 2 is 1.84 bits per heavy atom. The Kier molecular flexibility index (Phi) is 6.74. The first-order valence-corrected chi connectivity index (χ1v) is 14.8. The fourth-order valence-corrected chi connectivity index (χ4v) is 7.10. The van der Waals surface area contributed by atoms with Gasteiger partial charge in [0.1, 0.15) is 23.0 Å². The smallest absolute Gasteiger partial charge is 0.410 e. The fourth-order valence-electron chi connectivity index (χ4n) is 5.36. The second-order valence-corrected chi connectivity index (χ2v) is 12.8. The van der Waals surface area contributed by atoms with Crippen LogP contribution in [0.1, 0.15) is 45.6 Å². The van der Waals surface area contributed by atoms with E-state index in [-0.39, 0.29) is 18.2 Å². The Morgan fingerprint density at radius 3 is 2.53 bits per heavy atom. The van der Waals surface area contributed by atoms with Crippen molar-refractivity contribution in [3.05, 3.63) is 59.6 Å². The minimum absolute atomic E-state index is 0.122. The molecule has 0 spiro atoms. The van der Waals surface area contributed by atoms with Gasteiger partial charge in [0.15, 0.2) is 5.13 Å². The Hall–Kier alpha value is -3.17. The number of hydrogen-bond donors (Lipinski definition) is 0. The molecule has 0 N–H and O–H groups in total. The number of thiazole rings is 2. The number of anilines is 1. The largest absolute Gasteiger partial charge is 0.487 e. The molecule has 4 heterocycles. The molecular weight excluding hydrogens is 516 g/mol. The number of rotatable bonds is 5. The van der Waals surface area contributed by atoms with Gasteiger partial charge in [-0.25, -0.2) is 14.8 Å². The van der Waals surface area contributed by atoms with Crippen LogP contribution in [0.4, 0.5) is 9.93 Å². The maximum atomic E-state index is 13.1. The lowest BCUT2D eigenvalue weighted by atomic mass is 9.92.